The van der Waals surface area contributed by atoms with Gasteiger partial charge in [-0.3, -0.25) is 9.59 Å². The zero-order chi connectivity index (χ0) is 9.71. The molecule has 4 aliphatic rings. The van der Waals surface area contributed by atoms with Crippen LogP contribution in [0.25, 0.3) is 0 Å². The minimum absolute atomic E-state index is 0.0384. The second-order valence-electron chi connectivity index (χ2n) is 4.97. The van der Waals surface area contributed by atoms with Crippen LogP contribution >= 0.6 is 0 Å². The fourth-order valence-corrected chi connectivity index (χ4v) is 3.85. The second-order valence-corrected chi connectivity index (χ2v) is 4.97. The zero-order valence-electron chi connectivity index (χ0n) is 8.02. The van der Waals surface area contributed by atoms with Crippen LogP contribution in [0.2, 0.25) is 0 Å². The van der Waals surface area contributed by atoms with Crippen LogP contribution in [0.15, 0.2) is 0 Å². The molecule has 76 valence electrons. The van der Waals surface area contributed by atoms with Crippen molar-refractivity contribution in [2.75, 3.05) is 0 Å². The minimum Gasteiger partial charge on any atom is -0.464 e. The lowest BCUT2D eigenvalue weighted by atomic mass is 9.54. The molecule has 0 aliphatic heterocycles. The molecular weight excluding hydrogens is 180 g/mol. The largest absolute Gasteiger partial charge is 0.464 e. The standard InChI is InChI=1S/C11H14O3/c12-5-14-11-8-2-6-1-7(4-8)10(13)9(11)3-6/h5-9,11H,1-4H2. The maximum absolute atomic E-state index is 11.9. The van der Waals surface area contributed by atoms with Gasteiger partial charge in [-0.15, -0.1) is 0 Å². The molecule has 4 rings (SSSR count). The van der Waals surface area contributed by atoms with Crippen LogP contribution in [0.5, 0.6) is 0 Å². The summed E-state index contributed by atoms with van der Waals surface area (Å²) in [4.78, 5) is 22.2. The lowest BCUT2D eigenvalue weighted by Gasteiger charge is -2.51. The summed E-state index contributed by atoms with van der Waals surface area (Å²) in [6.07, 6.45) is 4.10. The average Bonchev–Trinajstić information content (AvgIpc) is 2.18. The second kappa shape index (κ2) is 2.81. The van der Waals surface area contributed by atoms with Gasteiger partial charge >= 0.3 is 0 Å². The van der Waals surface area contributed by atoms with Gasteiger partial charge in [-0.05, 0) is 37.5 Å². The van der Waals surface area contributed by atoms with E-state index in [0.717, 1.165) is 25.2 Å². The number of hydrogen-bond donors (Lipinski definition) is 0. The van der Waals surface area contributed by atoms with Crippen molar-refractivity contribution >= 4 is 12.3 Å². The molecule has 14 heavy (non-hydrogen) atoms. The van der Waals surface area contributed by atoms with Crippen LogP contribution in [-0.4, -0.2) is 18.4 Å². The van der Waals surface area contributed by atoms with E-state index in [9.17, 15) is 9.59 Å². The first-order valence-electron chi connectivity index (χ1n) is 5.42. The molecule has 4 aliphatic carbocycles. The number of Topliss-reactive ketones (excluding diaryl/α,β-unsaturated/α-hetero) is 1. The number of rotatable bonds is 2. The van der Waals surface area contributed by atoms with E-state index in [-0.39, 0.29) is 12.0 Å². The van der Waals surface area contributed by atoms with Crippen LogP contribution < -0.4 is 0 Å². The summed E-state index contributed by atoms with van der Waals surface area (Å²) in [5, 5.41) is 0. The maximum atomic E-state index is 11.9. The lowest BCUT2D eigenvalue weighted by Crippen LogP contribution is -2.54. The average molecular weight is 194 g/mol. The Balaban J connectivity index is 1.89. The summed E-state index contributed by atoms with van der Waals surface area (Å²) in [6.45, 7) is 0.514. The monoisotopic (exact) mass is 194 g/mol. The van der Waals surface area contributed by atoms with Crippen molar-refractivity contribution in [2.45, 2.75) is 31.8 Å². The summed E-state index contributed by atoms with van der Waals surface area (Å²) in [7, 11) is 0. The van der Waals surface area contributed by atoms with Gasteiger partial charge in [0.2, 0.25) is 0 Å². The first kappa shape index (κ1) is 8.45. The van der Waals surface area contributed by atoms with Gasteiger partial charge in [-0.25, -0.2) is 0 Å². The topological polar surface area (TPSA) is 43.4 Å². The van der Waals surface area contributed by atoms with Gasteiger partial charge in [0, 0.05) is 5.92 Å². The van der Waals surface area contributed by atoms with E-state index in [1.807, 2.05) is 0 Å². The third kappa shape index (κ3) is 0.983. The molecule has 0 aromatic heterocycles. The fraction of sp³-hybridized carbons (Fsp3) is 0.818. The van der Waals surface area contributed by atoms with Gasteiger partial charge in [0.15, 0.2) is 0 Å². The predicted molar refractivity (Wildman–Crippen MR) is 48.4 cm³/mol. The molecule has 5 unspecified atom stereocenters. The number of carbonyl (C=O) groups is 2. The molecule has 0 heterocycles. The summed E-state index contributed by atoms with van der Waals surface area (Å²) >= 11 is 0. The highest BCUT2D eigenvalue weighted by atomic mass is 16.5. The van der Waals surface area contributed by atoms with E-state index >= 15 is 0 Å². The molecule has 4 bridgehead atoms. The van der Waals surface area contributed by atoms with Crippen molar-refractivity contribution in [3.05, 3.63) is 0 Å². The Morgan fingerprint density at radius 1 is 1.21 bits per heavy atom. The van der Waals surface area contributed by atoms with Crippen molar-refractivity contribution in [3.8, 4) is 0 Å². The Bertz CT molecular complexity index is 286. The first-order chi connectivity index (χ1) is 6.79. The van der Waals surface area contributed by atoms with Crippen LogP contribution in [-0.2, 0) is 14.3 Å². The van der Waals surface area contributed by atoms with Gasteiger partial charge < -0.3 is 4.74 Å². The van der Waals surface area contributed by atoms with Gasteiger partial charge in [-0.1, -0.05) is 0 Å². The zero-order valence-corrected chi connectivity index (χ0v) is 8.02. The van der Waals surface area contributed by atoms with Gasteiger partial charge in [0.05, 0.1) is 5.92 Å². The van der Waals surface area contributed by atoms with E-state index < -0.39 is 0 Å². The summed E-state index contributed by atoms with van der Waals surface area (Å²) in [5.41, 5.74) is 0. The van der Waals surface area contributed by atoms with E-state index in [0.29, 0.717) is 24.1 Å². The van der Waals surface area contributed by atoms with E-state index in [1.54, 1.807) is 0 Å². The first-order valence-corrected chi connectivity index (χ1v) is 5.42. The Hall–Kier alpha value is -0.860. The third-order valence-corrected chi connectivity index (χ3v) is 4.27. The van der Waals surface area contributed by atoms with Crippen LogP contribution in [0.1, 0.15) is 25.7 Å². The van der Waals surface area contributed by atoms with Gasteiger partial charge in [-0.2, -0.15) is 0 Å². The van der Waals surface area contributed by atoms with Gasteiger partial charge in [0.25, 0.3) is 6.47 Å². The highest BCUT2D eigenvalue weighted by Crippen LogP contribution is 2.52. The molecule has 3 heteroatoms. The molecule has 0 aromatic carbocycles. The Kier molecular flexibility index (Phi) is 1.70. The highest BCUT2D eigenvalue weighted by molar-refractivity contribution is 5.86. The van der Waals surface area contributed by atoms with E-state index in [1.165, 1.54) is 6.42 Å². The number of ketones is 1. The smallest absolute Gasteiger partial charge is 0.293 e. The summed E-state index contributed by atoms with van der Waals surface area (Å²) < 4.78 is 5.09. The maximum Gasteiger partial charge on any atom is 0.293 e. The normalized spacial score (nSPS) is 49.4. The molecule has 5 atom stereocenters. The van der Waals surface area contributed by atoms with Crippen molar-refractivity contribution in [1.82, 2.24) is 0 Å². The Labute approximate surface area is 82.8 Å². The molecule has 0 amide bonds. The highest BCUT2D eigenvalue weighted by Gasteiger charge is 2.54. The van der Waals surface area contributed by atoms with Crippen LogP contribution in [0, 0.1) is 23.7 Å². The van der Waals surface area contributed by atoms with Crippen molar-refractivity contribution in [2.24, 2.45) is 23.7 Å². The molecule has 0 spiro atoms. The van der Waals surface area contributed by atoms with Crippen LogP contribution in [0.4, 0.5) is 0 Å². The van der Waals surface area contributed by atoms with E-state index in [2.05, 4.69) is 0 Å². The number of carbonyl (C=O) groups excluding carboxylic acids is 2. The Morgan fingerprint density at radius 3 is 2.86 bits per heavy atom. The molecule has 4 saturated carbocycles. The van der Waals surface area contributed by atoms with Crippen molar-refractivity contribution in [1.29, 1.82) is 0 Å². The molecule has 0 saturated heterocycles. The summed E-state index contributed by atoms with van der Waals surface area (Å²) in [6, 6.07) is 0. The minimum atomic E-state index is -0.0900. The summed E-state index contributed by atoms with van der Waals surface area (Å²) in [5.74, 6) is 1.90. The predicted octanol–water partition coefficient (Wildman–Crippen LogP) is 1.16. The fourth-order valence-electron chi connectivity index (χ4n) is 3.85. The van der Waals surface area contributed by atoms with Gasteiger partial charge in [0.1, 0.15) is 11.9 Å². The number of ether oxygens (including phenoxy) is 1. The molecule has 0 aromatic rings. The van der Waals surface area contributed by atoms with E-state index in [4.69, 9.17) is 4.74 Å². The molecule has 0 radical (unpaired) electrons. The molecule has 4 fully saturated rings. The van der Waals surface area contributed by atoms with Crippen molar-refractivity contribution < 1.29 is 14.3 Å². The quantitative estimate of drug-likeness (QED) is 0.619. The number of hydrogen-bond acceptors (Lipinski definition) is 3. The van der Waals surface area contributed by atoms with Crippen molar-refractivity contribution in [3.63, 3.8) is 0 Å². The molecule has 3 nitrogen and oxygen atoms in total. The Morgan fingerprint density at radius 2 is 2.07 bits per heavy atom. The SMILES string of the molecule is O=COC1C2CC3CC(C2)C(=O)C1C3. The third-order valence-electron chi connectivity index (χ3n) is 4.27. The molecular formula is C11H14O3. The van der Waals surface area contributed by atoms with Crippen LogP contribution in [0.3, 0.4) is 0 Å². The molecule has 0 N–H and O–H groups in total. The lowest BCUT2D eigenvalue weighted by molar-refractivity contribution is -0.166.